The molecule has 1 amide bonds. The smallest absolute Gasteiger partial charge is 0.324 e. The Hall–Kier alpha value is -3.60. The van der Waals surface area contributed by atoms with Crippen molar-refractivity contribution in [2.45, 2.75) is 74.8 Å². The van der Waals surface area contributed by atoms with Crippen LogP contribution >= 0.6 is 0 Å². The number of amides is 1. The average molecular weight is 591 g/mol. The molecular formula is C32H38N4O5S. The Morgan fingerprint density at radius 3 is 2.26 bits per heavy atom. The van der Waals surface area contributed by atoms with Crippen LogP contribution in [0.2, 0.25) is 0 Å². The monoisotopic (exact) mass is 590 g/mol. The van der Waals surface area contributed by atoms with Crippen LogP contribution in [-0.2, 0) is 30.9 Å². The number of nitrogens with one attached hydrogen (secondary N) is 1. The number of piperidine rings is 1. The normalized spacial score (nSPS) is 21.1. The highest BCUT2D eigenvalue weighted by Crippen LogP contribution is 2.35. The summed E-state index contributed by atoms with van der Waals surface area (Å²) in [6.07, 6.45) is 10.0. The third-order valence-corrected chi connectivity index (χ3v) is 9.99. The largest absolute Gasteiger partial charge is 0.373 e. The van der Waals surface area contributed by atoms with Crippen LogP contribution in [0.15, 0.2) is 78.0 Å². The second kappa shape index (κ2) is 13.6. The lowest BCUT2D eigenvalue weighted by Crippen LogP contribution is -2.45. The minimum atomic E-state index is -3.69. The van der Waals surface area contributed by atoms with Crippen molar-refractivity contribution in [3.05, 3.63) is 84.2 Å². The van der Waals surface area contributed by atoms with Crippen molar-refractivity contribution in [1.29, 1.82) is 0 Å². The van der Waals surface area contributed by atoms with E-state index in [1.807, 2.05) is 47.5 Å². The first kappa shape index (κ1) is 29.9. The number of hydrogen-bond donors (Lipinski definition) is 2. The molecule has 1 unspecified atom stereocenters. The molecule has 0 bridgehead atoms. The maximum Gasteiger partial charge on any atom is 0.324 e. The summed E-state index contributed by atoms with van der Waals surface area (Å²) in [5, 5.41) is 0. The van der Waals surface area contributed by atoms with Gasteiger partial charge in [0.25, 0.3) is 0 Å². The van der Waals surface area contributed by atoms with Gasteiger partial charge in [-0.05, 0) is 91.8 Å². The molecular weight excluding hydrogens is 552 g/mol. The number of carbonyl (C=O) groups excluding carboxylic acids is 2. The van der Waals surface area contributed by atoms with Gasteiger partial charge in [0, 0.05) is 30.9 Å². The van der Waals surface area contributed by atoms with E-state index in [-0.39, 0.29) is 35.2 Å². The first-order valence-corrected chi connectivity index (χ1v) is 16.1. The number of aromatic nitrogens is 1. The van der Waals surface area contributed by atoms with E-state index in [0.29, 0.717) is 32.1 Å². The van der Waals surface area contributed by atoms with Crippen LogP contribution in [-0.4, -0.2) is 42.8 Å². The Balaban J connectivity index is 1.15. The molecule has 2 heterocycles. The summed E-state index contributed by atoms with van der Waals surface area (Å²) >= 11 is 0. The fourth-order valence-electron chi connectivity index (χ4n) is 6.09. The van der Waals surface area contributed by atoms with Gasteiger partial charge in [-0.15, -0.1) is 0 Å². The van der Waals surface area contributed by atoms with Gasteiger partial charge >= 0.3 is 5.97 Å². The van der Waals surface area contributed by atoms with Gasteiger partial charge in [-0.2, -0.15) is 5.90 Å². The van der Waals surface area contributed by atoms with Crippen LogP contribution in [0.5, 0.6) is 0 Å². The van der Waals surface area contributed by atoms with Gasteiger partial charge in [0.2, 0.25) is 15.9 Å². The zero-order chi connectivity index (χ0) is 29.5. The summed E-state index contributed by atoms with van der Waals surface area (Å²) in [5.41, 5.74) is 3.90. The highest BCUT2D eigenvalue weighted by Gasteiger charge is 2.35. The van der Waals surface area contributed by atoms with Crippen LogP contribution in [0, 0.1) is 5.92 Å². The van der Waals surface area contributed by atoms with E-state index in [9.17, 15) is 18.0 Å². The lowest BCUT2D eigenvalue weighted by Gasteiger charge is -2.39. The zero-order valence-corrected chi connectivity index (χ0v) is 24.5. The van der Waals surface area contributed by atoms with E-state index in [1.165, 1.54) is 0 Å². The quantitative estimate of drug-likeness (QED) is 0.346. The molecule has 2 aromatic carbocycles. The maximum absolute atomic E-state index is 13.5. The SMILES string of the molecule is NOC(=O)CCc1ccc(-c2ccc(S(=O)(=O)NC3CCC(C(=O)N4CCCCC4c4cccnc4)CC3)cc2)cc1. The second-order valence-electron chi connectivity index (χ2n) is 11.2. The lowest BCUT2D eigenvalue weighted by molar-refractivity contribution is -0.144. The minimum absolute atomic E-state index is 0.0687. The molecule has 1 aromatic heterocycles. The Morgan fingerprint density at radius 2 is 1.62 bits per heavy atom. The fraction of sp³-hybridized carbons (Fsp3) is 0.406. The molecule has 2 aliphatic rings. The van der Waals surface area contributed by atoms with Crippen molar-refractivity contribution in [2.24, 2.45) is 11.8 Å². The molecule has 9 nitrogen and oxygen atoms in total. The van der Waals surface area contributed by atoms with E-state index in [4.69, 9.17) is 5.90 Å². The number of rotatable bonds is 9. The number of nitrogens with two attached hydrogens (primary N) is 1. The predicted octanol–water partition coefficient (Wildman–Crippen LogP) is 4.69. The van der Waals surface area contributed by atoms with Crippen molar-refractivity contribution in [3.63, 3.8) is 0 Å². The van der Waals surface area contributed by atoms with Crippen molar-refractivity contribution in [2.75, 3.05) is 6.54 Å². The van der Waals surface area contributed by atoms with Gasteiger partial charge in [0.15, 0.2) is 0 Å². The average Bonchev–Trinajstić information content (AvgIpc) is 3.04. The number of sulfonamides is 1. The van der Waals surface area contributed by atoms with Crippen LogP contribution in [0.25, 0.3) is 11.1 Å². The molecule has 0 spiro atoms. The predicted molar refractivity (Wildman–Crippen MR) is 159 cm³/mol. The molecule has 3 N–H and O–H groups in total. The summed E-state index contributed by atoms with van der Waals surface area (Å²) < 4.78 is 29.2. The van der Waals surface area contributed by atoms with E-state index >= 15 is 0 Å². The molecule has 42 heavy (non-hydrogen) atoms. The van der Waals surface area contributed by atoms with Crippen LogP contribution in [0.3, 0.4) is 0 Å². The third-order valence-electron chi connectivity index (χ3n) is 8.45. The van der Waals surface area contributed by atoms with E-state index < -0.39 is 16.0 Å². The summed E-state index contributed by atoms with van der Waals surface area (Å²) in [6, 6.07) is 18.4. The molecule has 1 saturated heterocycles. The number of pyridine rings is 1. The van der Waals surface area contributed by atoms with Crippen molar-refractivity contribution >= 4 is 21.9 Å². The maximum atomic E-state index is 13.5. The molecule has 1 aliphatic heterocycles. The Kier molecular flexibility index (Phi) is 9.66. The Labute approximate surface area is 247 Å². The molecule has 3 aromatic rings. The molecule has 2 fully saturated rings. The Bertz CT molecular complexity index is 1460. The van der Waals surface area contributed by atoms with Crippen LogP contribution in [0.4, 0.5) is 0 Å². The fourth-order valence-corrected chi connectivity index (χ4v) is 7.40. The first-order chi connectivity index (χ1) is 20.3. The number of aryl methyl sites for hydroxylation is 1. The highest BCUT2D eigenvalue weighted by molar-refractivity contribution is 7.89. The van der Waals surface area contributed by atoms with E-state index in [1.54, 1.807) is 30.5 Å². The third kappa shape index (κ3) is 7.24. The van der Waals surface area contributed by atoms with Gasteiger partial charge in [-0.25, -0.2) is 13.1 Å². The van der Waals surface area contributed by atoms with Crippen molar-refractivity contribution in [1.82, 2.24) is 14.6 Å². The molecule has 1 aliphatic carbocycles. The van der Waals surface area contributed by atoms with Gasteiger partial charge < -0.3 is 9.74 Å². The summed E-state index contributed by atoms with van der Waals surface area (Å²) in [5.74, 6) is 4.53. The van der Waals surface area contributed by atoms with E-state index in [0.717, 1.165) is 48.1 Å². The number of hydrogen-bond acceptors (Lipinski definition) is 7. The minimum Gasteiger partial charge on any atom is -0.373 e. The van der Waals surface area contributed by atoms with Gasteiger partial charge in [-0.1, -0.05) is 42.5 Å². The van der Waals surface area contributed by atoms with Crippen molar-refractivity contribution < 1.29 is 22.8 Å². The Morgan fingerprint density at radius 1 is 0.929 bits per heavy atom. The topological polar surface area (TPSA) is 132 Å². The summed E-state index contributed by atoms with van der Waals surface area (Å²) in [4.78, 5) is 35.5. The van der Waals surface area contributed by atoms with Gasteiger partial charge in [0.1, 0.15) is 0 Å². The van der Waals surface area contributed by atoms with Gasteiger partial charge in [-0.3, -0.25) is 14.6 Å². The van der Waals surface area contributed by atoms with Crippen LogP contribution < -0.4 is 10.6 Å². The number of likely N-dealkylation sites (tertiary alicyclic amines) is 1. The second-order valence-corrected chi connectivity index (χ2v) is 12.9. The molecule has 1 atom stereocenters. The number of nitrogens with zero attached hydrogens (tertiary/aromatic N) is 2. The first-order valence-electron chi connectivity index (χ1n) is 14.7. The summed E-state index contributed by atoms with van der Waals surface area (Å²) in [6.45, 7) is 0.760. The highest BCUT2D eigenvalue weighted by atomic mass is 32.2. The summed E-state index contributed by atoms with van der Waals surface area (Å²) in [7, 11) is -3.69. The van der Waals surface area contributed by atoms with Gasteiger partial charge in [0.05, 0.1) is 17.4 Å². The molecule has 10 heteroatoms. The molecule has 5 rings (SSSR count). The molecule has 1 saturated carbocycles. The number of benzene rings is 2. The molecule has 0 radical (unpaired) electrons. The van der Waals surface area contributed by atoms with Crippen molar-refractivity contribution in [3.8, 4) is 11.1 Å². The number of carbonyl (C=O) groups is 2. The molecule has 222 valence electrons. The zero-order valence-electron chi connectivity index (χ0n) is 23.7. The standard InChI is InChI=1S/C32H38N4O5S/c33-41-31(37)19-8-23-6-9-24(10-7-23)25-13-17-29(18-14-25)42(39,40)35-28-15-11-26(12-16-28)32(38)36-21-2-1-5-30(36)27-4-3-20-34-22-27/h3-4,6-7,9-10,13-14,17-18,20,22,26,28,30,35H,1-2,5,8,11-12,15-16,19,21,33H2. The van der Waals surface area contributed by atoms with Crippen LogP contribution in [0.1, 0.15) is 68.5 Å². The lowest BCUT2D eigenvalue weighted by atomic mass is 9.84. The van der Waals surface area contributed by atoms with E-state index in [2.05, 4.69) is 14.5 Å².